The average molecular weight is 252 g/mol. The molecule has 0 amide bonds. The van der Waals surface area contributed by atoms with Gasteiger partial charge < -0.3 is 5.73 Å². The maximum atomic E-state index is 12.2. The van der Waals surface area contributed by atoms with Crippen molar-refractivity contribution < 1.29 is 8.42 Å². The number of aromatic nitrogens is 2. The molecule has 0 saturated heterocycles. The number of aromatic amines is 1. The minimum Gasteiger partial charge on any atom is -0.397 e. The van der Waals surface area contributed by atoms with Crippen LogP contribution in [0.25, 0.3) is 0 Å². The predicted molar refractivity (Wildman–Crippen MR) is 65.0 cm³/mol. The predicted octanol–water partition coefficient (Wildman–Crippen LogP) is 0.817. The van der Waals surface area contributed by atoms with E-state index in [2.05, 4.69) is 10.2 Å². The summed E-state index contributed by atoms with van der Waals surface area (Å²) in [7, 11) is -2.16. The molecule has 7 heteroatoms. The van der Waals surface area contributed by atoms with Crippen LogP contribution in [0.2, 0.25) is 0 Å². The Morgan fingerprint density at radius 1 is 1.35 bits per heavy atom. The Kier molecular flexibility index (Phi) is 2.76. The van der Waals surface area contributed by atoms with E-state index in [9.17, 15) is 8.42 Å². The molecule has 17 heavy (non-hydrogen) atoms. The van der Waals surface area contributed by atoms with Crippen molar-refractivity contribution in [1.29, 1.82) is 0 Å². The van der Waals surface area contributed by atoms with Crippen LogP contribution in [-0.2, 0) is 10.0 Å². The van der Waals surface area contributed by atoms with Gasteiger partial charge in [-0.05, 0) is 12.1 Å². The molecule has 1 aromatic carbocycles. The maximum Gasteiger partial charge on any atom is 0.267 e. The van der Waals surface area contributed by atoms with E-state index in [1.807, 2.05) is 0 Å². The van der Waals surface area contributed by atoms with E-state index in [4.69, 9.17) is 5.73 Å². The summed E-state index contributed by atoms with van der Waals surface area (Å²) in [6, 6.07) is 6.77. The first-order valence-electron chi connectivity index (χ1n) is 4.85. The molecule has 0 radical (unpaired) electrons. The summed E-state index contributed by atoms with van der Waals surface area (Å²) in [4.78, 5) is 0.100. The molecule has 0 atom stereocenters. The van der Waals surface area contributed by atoms with Gasteiger partial charge in [-0.25, -0.2) is 8.42 Å². The fourth-order valence-corrected chi connectivity index (χ4v) is 2.57. The fraction of sp³-hybridized carbons (Fsp3) is 0.100. The number of para-hydroxylation sites is 2. The SMILES string of the molecule is CN(c1ccccc1N)S(=O)(=O)c1cn[nH]c1. The van der Waals surface area contributed by atoms with Gasteiger partial charge in [-0.3, -0.25) is 9.40 Å². The van der Waals surface area contributed by atoms with Crippen molar-refractivity contribution in [1.82, 2.24) is 10.2 Å². The van der Waals surface area contributed by atoms with Crippen LogP contribution >= 0.6 is 0 Å². The zero-order valence-electron chi connectivity index (χ0n) is 9.16. The lowest BCUT2D eigenvalue weighted by molar-refractivity contribution is 0.594. The second kappa shape index (κ2) is 4.10. The maximum absolute atomic E-state index is 12.2. The summed E-state index contributed by atoms with van der Waals surface area (Å²) in [5.41, 5.74) is 6.59. The van der Waals surface area contributed by atoms with Crippen LogP contribution in [0.3, 0.4) is 0 Å². The molecular weight excluding hydrogens is 240 g/mol. The largest absolute Gasteiger partial charge is 0.397 e. The Morgan fingerprint density at radius 3 is 2.65 bits per heavy atom. The molecule has 1 aromatic heterocycles. The molecule has 0 fully saturated rings. The Bertz CT molecular complexity index is 607. The Hall–Kier alpha value is -2.02. The van der Waals surface area contributed by atoms with E-state index < -0.39 is 10.0 Å². The molecule has 0 saturated carbocycles. The summed E-state index contributed by atoms with van der Waals surface area (Å²) in [6.07, 6.45) is 2.58. The van der Waals surface area contributed by atoms with Gasteiger partial charge >= 0.3 is 0 Å². The van der Waals surface area contributed by atoms with Crippen LogP contribution in [0, 0.1) is 0 Å². The van der Waals surface area contributed by atoms with E-state index >= 15 is 0 Å². The highest BCUT2D eigenvalue weighted by Crippen LogP contribution is 2.26. The summed E-state index contributed by atoms with van der Waals surface area (Å²) in [5, 5.41) is 6.09. The van der Waals surface area contributed by atoms with Crippen molar-refractivity contribution in [2.24, 2.45) is 0 Å². The van der Waals surface area contributed by atoms with Crippen molar-refractivity contribution >= 4 is 21.4 Å². The van der Waals surface area contributed by atoms with Crippen LogP contribution in [-0.4, -0.2) is 25.7 Å². The van der Waals surface area contributed by atoms with E-state index in [1.54, 1.807) is 24.3 Å². The molecule has 0 bridgehead atoms. The van der Waals surface area contributed by atoms with Gasteiger partial charge in [-0.2, -0.15) is 5.10 Å². The van der Waals surface area contributed by atoms with Gasteiger partial charge in [0.1, 0.15) is 4.90 Å². The number of hydrogen-bond acceptors (Lipinski definition) is 4. The average Bonchev–Trinajstić information content (AvgIpc) is 2.83. The molecule has 0 unspecified atom stereocenters. The lowest BCUT2D eigenvalue weighted by Crippen LogP contribution is -2.26. The third kappa shape index (κ3) is 1.96. The number of nitrogens with one attached hydrogen (secondary N) is 1. The lowest BCUT2D eigenvalue weighted by atomic mass is 10.3. The number of nitrogen functional groups attached to an aromatic ring is 1. The third-order valence-corrected chi connectivity index (χ3v) is 4.14. The van der Waals surface area contributed by atoms with Crippen molar-refractivity contribution in [2.45, 2.75) is 4.90 Å². The summed E-state index contributed by atoms with van der Waals surface area (Å²) >= 11 is 0. The van der Waals surface area contributed by atoms with Gasteiger partial charge in [0.05, 0.1) is 17.6 Å². The number of sulfonamides is 1. The number of H-pyrrole nitrogens is 1. The van der Waals surface area contributed by atoms with Crippen LogP contribution in [0.1, 0.15) is 0 Å². The zero-order chi connectivity index (χ0) is 12.5. The highest BCUT2D eigenvalue weighted by Gasteiger charge is 2.23. The van der Waals surface area contributed by atoms with E-state index in [-0.39, 0.29) is 4.90 Å². The number of nitrogens with zero attached hydrogens (tertiary/aromatic N) is 2. The van der Waals surface area contributed by atoms with E-state index in [0.717, 1.165) is 4.31 Å². The summed E-state index contributed by atoms with van der Waals surface area (Å²) in [6.45, 7) is 0. The number of benzene rings is 1. The summed E-state index contributed by atoms with van der Waals surface area (Å²) < 4.78 is 25.4. The lowest BCUT2D eigenvalue weighted by Gasteiger charge is -2.19. The van der Waals surface area contributed by atoms with Crippen LogP contribution in [0.4, 0.5) is 11.4 Å². The highest BCUT2D eigenvalue weighted by molar-refractivity contribution is 7.92. The highest BCUT2D eigenvalue weighted by atomic mass is 32.2. The fourth-order valence-electron chi connectivity index (χ4n) is 1.44. The van der Waals surface area contributed by atoms with Crippen molar-refractivity contribution in [2.75, 3.05) is 17.1 Å². The van der Waals surface area contributed by atoms with Crippen molar-refractivity contribution in [3.63, 3.8) is 0 Å². The molecular formula is C10H12N4O2S. The number of anilines is 2. The van der Waals surface area contributed by atoms with Gasteiger partial charge in [-0.1, -0.05) is 12.1 Å². The first-order chi connectivity index (χ1) is 8.03. The minimum absolute atomic E-state index is 0.100. The summed E-state index contributed by atoms with van der Waals surface area (Å²) in [5.74, 6) is 0. The standard InChI is InChI=1S/C10H12N4O2S/c1-14(10-5-3-2-4-9(10)11)17(15,16)8-6-12-13-7-8/h2-7H,11H2,1H3,(H,12,13). The van der Waals surface area contributed by atoms with E-state index in [1.165, 1.54) is 19.4 Å². The van der Waals surface area contributed by atoms with E-state index in [0.29, 0.717) is 11.4 Å². The molecule has 2 aromatic rings. The van der Waals surface area contributed by atoms with Gasteiger partial charge in [0.2, 0.25) is 0 Å². The first kappa shape index (κ1) is 11.5. The second-order valence-electron chi connectivity index (χ2n) is 3.47. The van der Waals surface area contributed by atoms with Crippen LogP contribution in [0.15, 0.2) is 41.6 Å². The third-order valence-electron chi connectivity index (χ3n) is 2.41. The molecule has 6 nitrogen and oxygen atoms in total. The number of hydrogen-bond donors (Lipinski definition) is 2. The van der Waals surface area contributed by atoms with Crippen molar-refractivity contribution in [3.8, 4) is 0 Å². The molecule has 1 heterocycles. The zero-order valence-corrected chi connectivity index (χ0v) is 9.98. The minimum atomic E-state index is -3.61. The Morgan fingerprint density at radius 2 is 2.06 bits per heavy atom. The topological polar surface area (TPSA) is 92.1 Å². The van der Waals surface area contributed by atoms with Gasteiger partial charge in [0.15, 0.2) is 0 Å². The molecule has 0 aliphatic carbocycles. The smallest absolute Gasteiger partial charge is 0.267 e. The second-order valence-corrected chi connectivity index (χ2v) is 5.43. The Balaban J connectivity index is 2.46. The van der Waals surface area contributed by atoms with Crippen LogP contribution in [0.5, 0.6) is 0 Å². The molecule has 2 rings (SSSR count). The van der Waals surface area contributed by atoms with Gasteiger partial charge in [0, 0.05) is 13.2 Å². The monoisotopic (exact) mass is 252 g/mol. The van der Waals surface area contributed by atoms with Gasteiger partial charge in [-0.15, -0.1) is 0 Å². The first-order valence-corrected chi connectivity index (χ1v) is 6.29. The number of nitrogens with two attached hydrogens (primary N) is 1. The molecule has 0 aliphatic heterocycles. The quantitative estimate of drug-likeness (QED) is 0.791. The number of rotatable bonds is 3. The molecule has 0 spiro atoms. The molecule has 0 aliphatic rings. The van der Waals surface area contributed by atoms with Crippen LogP contribution < -0.4 is 10.0 Å². The van der Waals surface area contributed by atoms with Crippen molar-refractivity contribution in [3.05, 3.63) is 36.7 Å². The molecule has 90 valence electrons. The van der Waals surface area contributed by atoms with Gasteiger partial charge in [0.25, 0.3) is 10.0 Å². The normalized spacial score (nSPS) is 11.4. The Labute approximate surface area is 99.1 Å². The molecule has 3 N–H and O–H groups in total.